The third-order valence-corrected chi connectivity index (χ3v) is 5.86. The van der Waals surface area contributed by atoms with Crippen LogP contribution in [0.1, 0.15) is 45.2 Å². The minimum Gasteiger partial charge on any atom is -0.480 e. The molecule has 13 nitrogen and oxygen atoms in total. The summed E-state index contributed by atoms with van der Waals surface area (Å²) in [6.07, 6.45) is 5.02. The molecule has 14 heteroatoms. The predicted octanol–water partition coefficient (Wildman–Crippen LogP) is -1.12. The zero-order chi connectivity index (χ0) is 27.3. The van der Waals surface area contributed by atoms with Gasteiger partial charge in [-0.3, -0.25) is 19.2 Å². The second kappa shape index (κ2) is 15.8. The van der Waals surface area contributed by atoms with E-state index in [1.54, 1.807) is 0 Å². The number of aliphatic carboxylic acids is 1. The molecule has 0 bridgehead atoms. The van der Waals surface area contributed by atoms with Crippen LogP contribution < -0.4 is 27.4 Å². The summed E-state index contributed by atoms with van der Waals surface area (Å²) in [6, 6.07) is -4.36. The van der Waals surface area contributed by atoms with Gasteiger partial charge in [-0.1, -0.05) is 13.8 Å². The number of rotatable bonds is 17. The monoisotopic (exact) mass is 527 g/mol. The van der Waals surface area contributed by atoms with E-state index in [9.17, 15) is 29.1 Å². The minimum atomic E-state index is -1.26. The molecule has 202 valence electrons. The van der Waals surface area contributed by atoms with E-state index in [2.05, 4.69) is 25.9 Å². The van der Waals surface area contributed by atoms with Crippen molar-refractivity contribution < 1.29 is 29.1 Å². The van der Waals surface area contributed by atoms with Crippen LogP contribution in [0, 0.1) is 5.92 Å². The Morgan fingerprint density at radius 3 is 2.17 bits per heavy atom. The van der Waals surface area contributed by atoms with Gasteiger partial charge in [0.2, 0.25) is 23.6 Å². The van der Waals surface area contributed by atoms with Crippen LogP contribution in [0.4, 0.5) is 0 Å². The highest BCUT2D eigenvalue weighted by Gasteiger charge is 2.31. The average Bonchev–Trinajstić information content (AvgIpc) is 3.31. The first-order chi connectivity index (χ1) is 16.9. The van der Waals surface area contributed by atoms with Crippen molar-refractivity contribution in [2.24, 2.45) is 17.4 Å². The summed E-state index contributed by atoms with van der Waals surface area (Å²) in [6.45, 7) is 3.67. The van der Waals surface area contributed by atoms with Gasteiger partial charge in [-0.2, -0.15) is 11.8 Å². The Morgan fingerprint density at radius 2 is 1.64 bits per heavy atom. The van der Waals surface area contributed by atoms with Gasteiger partial charge in [-0.15, -0.1) is 0 Å². The Bertz CT molecular complexity index is 880. The lowest BCUT2D eigenvalue weighted by molar-refractivity contribution is -0.142. The van der Waals surface area contributed by atoms with Crippen molar-refractivity contribution in [3.05, 3.63) is 18.2 Å². The predicted molar refractivity (Wildman–Crippen MR) is 135 cm³/mol. The largest absolute Gasteiger partial charge is 0.480 e. The summed E-state index contributed by atoms with van der Waals surface area (Å²) >= 11 is 1.52. The maximum atomic E-state index is 13.1. The van der Waals surface area contributed by atoms with Crippen LogP contribution in [-0.2, 0) is 30.4 Å². The van der Waals surface area contributed by atoms with E-state index >= 15 is 0 Å². The molecule has 0 saturated carbocycles. The van der Waals surface area contributed by atoms with Gasteiger partial charge in [0.1, 0.15) is 18.1 Å². The molecule has 0 saturated heterocycles. The standard InChI is InChI=1S/C22H37N7O6S/c1-12(2)8-16(21(33)29-17(22(34)35)9-13-10-25-11-26-13)28-20(32)15(4-5-18(24)30)27-19(31)14(23)6-7-36-3/h10-12,14-17H,4-9,23H2,1-3H3,(H2,24,30)(H,25,26)(H,27,31)(H,28,32)(H,29,33)(H,34,35). The van der Waals surface area contributed by atoms with Crippen LogP contribution in [0.15, 0.2) is 12.5 Å². The van der Waals surface area contributed by atoms with Crippen LogP contribution in [0.25, 0.3) is 0 Å². The molecular weight excluding hydrogens is 490 g/mol. The molecule has 9 N–H and O–H groups in total. The smallest absolute Gasteiger partial charge is 0.326 e. The first kappa shape index (κ1) is 30.9. The van der Waals surface area contributed by atoms with Crippen molar-refractivity contribution >= 4 is 41.4 Å². The van der Waals surface area contributed by atoms with Crippen LogP contribution in [0.2, 0.25) is 0 Å². The Morgan fingerprint density at radius 1 is 1.03 bits per heavy atom. The third-order valence-electron chi connectivity index (χ3n) is 5.22. The Kier molecular flexibility index (Phi) is 13.5. The fraction of sp³-hybridized carbons (Fsp3) is 0.636. The normalized spacial score (nSPS) is 14.4. The third kappa shape index (κ3) is 11.5. The molecule has 1 rings (SSSR count). The van der Waals surface area contributed by atoms with Crippen LogP contribution in [0.5, 0.6) is 0 Å². The number of hydrogen-bond donors (Lipinski definition) is 7. The molecule has 0 aromatic carbocycles. The number of carbonyl (C=O) groups excluding carboxylic acids is 4. The molecule has 1 aromatic rings. The fourth-order valence-corrected chi connectivity index (χ4v) is 3.76. The number of carboxylic acids is 1. The minimum absolute atomic E-state index is 0.0319. The molecule has 0 aliphatic carbocycles. The number of hydrogen-bond acceptors (Lipinski definition) is 8. The number of thioether (sulfide) groups is 1. The molecule has 0 spiro atoms. The van der Waals surface area contributed by atoms with Gasteiger partial charge in [-0.25, -0.2) is 9.78 Å². The van der Waals surface area contributed by atoms with E-state index in [-0.39, 0.29) is 31.6 Å². The molecule has 4 amide bonds. The molecule has 1 heterocycles. The lowest BCUT2D eigenvalue weighted by atomic mass is 10.0. The zero-order valence-electron chi connectivity index (χ0n) is 20.8. The topological polar surface area (TPSA) is 222 Å². The highest BCUT2D eigenvalue weighted by atomic mass is 32.2. The summed E-state index contributed by atoms with van der Waals surface area (Å²) in [5.41, 5.74) is 11.6. The zero-order valence-corrected chi connectivity index (χ0v) is 21.6. The first-order valence-electron chi connectivity index (χ1n) is 11.6. The van der Waals surface area contributed by atoms with E-state index in [1.165, 1.54) is 24.3 Å². The Labute approximate surface area is 214 Å². The molecular formula is C22H37N7O6S. The SMILES string of the molecule is CSCCC(N)C(=O)NC(CCC(N)=O)C(=O)NC(CC(C)C)C(=O)NC(Cc1cnc[nH]1)C(=O)O. The molecule has 0 aliphatic rings. The van der Waals surface area contributed by atoms with Crippen LogP contribution in [-0.4, -0.2) is 80.8 Å². The van der Waals surface area contributed by atoms with Crippen molar-refractivity contribution in [3.63, 3.8) is 0 Å². The molecule has 4 atom stereocenters. The van der Waals surface area contributed by atoms with Crippen molar-refractivity contribution in [2.45, 2.75) is 70.1 Å². The maximum Gasteiger partial charge on any atom is 0.326 e. The number of aromatic amines is 1. The summed E-state index contributed by atoms with van der Waals surface area (Å²) < 4.78 is 0. The highest BCUT2D eigenvalue weighted by molar-refractivity contribution is 7.98. The van der Waals surface area contributed by atoms with Crippen molar-refractivity contribution in [1.82, 2.24) is 25.9 Å². The van der Waals surface area contributed by atoms with Crippen molar-refractivity contribution in [2.75, 3.05) is 12.0 Å². The number of nitrogens with zero attached hydrogens (tertiary/aromatic N) is 1. The second-order valence-corrected chi connectivity index (χ2v) is 9.81. The summed E-state index contributed by atoms with van der Waals surface area (Å²) in [5, 5.41) is 17.1. The van der Waals surface area contributed by atoms with Gasteiger partial charge >= 0.3 is 5.97 Å². The summed E-state index contributed by atoms with van der Waals surface area (Å²) in [5.74, 6) is -3.26. The number of primary amides is 1. The molecule has 0 aliphatic heterocycles. The molecule has 0 radical (unpaired) electrons. The number of carboxylic acid groups (broad SMARTS) is 1. The number of nitrogens with two attached hydrogens (primary N) is 2. The van der Waals surface area contributed by atoms with Gasteiger partial charge < -0.3 is 37.5 Å². The van der Waals surface area contributed by atoms with Gasteiger partial charge in [0, 0.05) is 24.7 Å². The molecule has 36 heavy (non-hydrogen) atoms. The van der Waals surface area contributed by atoms with E-state index in [0.717, 1.165) is 0 Å². The summed E-state index contributed by atoms with van der Waals surface area (Å²) in [4.78, 5) is 68.2. The number of H-pyrrole nitrogens is 1. The Hall–Kier alpha value is -3.13. The number of nitrogens with one attached hydrogen (secondary N) is 4. The summed E-state index contributed by atoms with van der Waals surface area (Å²) in [7, 11) is 0. The maximum absolute atomic E-state index is 13.1. The fourth-order valence-electron chi connectivity index (χ4n) is 3.27. The van der Waals surface area contributed by atoms with Gasteiger partial charge in [0.15, 0.2) is 0 Å². The second-order valence-electron chi connectivity index (χ2n) is 8.83. The lowest BCUT2D eigenvalue weighted by Crippen LogP contribution is -2.57. The quantitative estimate of drug-likeness (QED) is 0.130. The lowest BCUT2D eigenvalue weighted by Gasteiger charge is -2.26. The number of aromatic nitrogens is 2. The highest BCUT2D eigenvalue weighted by Crippen LogP contribution is 2.09. The van der Waals surface area contributed by atoms with Gasteiger partial charge in [0.25, 0.3) is 0 Å². The molecule has 1 aromatic heterocycles. The van der Waals surface area contributed by atoms with Gasteiger partial charge in [-0.05, 0) is 37.2 Å². The Balaban J connectivity index is 2.98. The average molecular weight is 528 g/mol. The van der Waals surface area contributed by atoms with Crippen LogP contribution >= 0.6 is 11.8 Å². The first-order valence-corrected chi connectivity index (χ1v) is 13.0. The van der Waals surface area contributed by atoms with E-state index in [1.807, 2.05) is 20.1 Å². The van der Waals surface area contributed by atoms with Gasteiger partial charge in [0.05, 0.1) is 12.4 Å². The van der Waals surface area contributed by atoms with Crippen molar-refractivity contribution in [3.8, 4) is 0 Å². The van der Waals surface area contributed by atoms with Crippen molar-refractivity contribution in [1.29, 1.82) is 0 Å². The van der Waals surface area contributed by atoms with Crippen LogP contribution in [0.3, 0.4) is 0 Å². The number of imidazole rings is 1. The molecule has 0 fully saturated rings. The van der Waals surface area contributed by atoms with E-state index in [4.69, 9.17) is 11.5 Å². The molecule has 4 unspecified atom stereocenters. The number of carbonyl (C=O) groups is 5. The van der Waals surface area contributed by atoms with E-state index in [0.29, 0.717) is 17.9 Å². The number of amides is 4. The van der Waals surface area contributed by atoms with E-state index < -0.39 is 53.8 Å².